The summed E-state index contributed by atoms with van der Waals surface area (Å²) in [5, 5.41) is 3.36. The fraction of sp³-hybridized carbons (Fsp3) is 0.438. The van der Waals surface area contributed by atoms with Gasteiger partial charge in [0.25, 0.3) is 0 Å². The molecule has 2 heterocycles. The van der Waals surface area contributed by atoms with Crippen LogP contribution in [0.5, 0.6) is 0 Å². The van der Waals surface area contributed by atoms with Crippen LogP contribution in [0.3, 0.4) is 0 Å². The molecule has 0 aliphatic heterocycles. The van der Waals surface area contributed by atoms with Crippen LogP contribution in [-0.4, -0.2) is 27.5 Å². The number of hydrogen-bond donors (Lipinski definition) is 2. The minimum atomic E-state index is 0.347. The van der Waals surface area contributed by atoms with Crippen molar-refractivity contribution in [2.24, 2.45) is 5.73 Å². The summed E-state index contributed by atoms with van der Waals surface area (Å²) >= 11 is 0. The Morgan fingerprint density at radius 3 is 2.86 bits per heavy atom. The smallest absolute Gasteiger partial charge is 0.129 e. The molecular weight excluding hydrogens is 262 g/mol. The molecule has 1 saturated carbocycles. The molecule has 21 heavy (non-hydrogen) atoms. The van der Waals surface area contributed by atoms with Crippen LogP contribution >= 0.6 is 0 Å². The van der Waals surface area contributed by atoms with Crippen LogP contribution in [0.25, 0.3) is 0 Å². The van der Waals surface area contributed by atoms with Crippen molar-refractivity contribution in [3.63, 3.8) is 0 Å². The van der Waals surface area contributed by atoms with Crippen molar-refractivity contribution in [3.8, 4) is 0 Å². The molecule has 2 aromatic heterocycles. The molecule has 3 rings (SSSR count). The fourth-order valence-corrected chi connectivity index (χ4v) is 2.63. The summed E-state index contributed by atoms with van der Waals surface area (Å²) in [6.45, 7) is 0.886. The van der Waals surface area contributed by atoms with Gasteiger partial charge in [-0.2, -0.15) is 0 Å². The summed E-state index contributed by atoms with van der Waals surface area (Å²) in [6.07, 6.45) is 7.56. The molecule has 1 aliphatic rings. The van der Waals surface area contributed by atoms with Gasteiger partial charge in [-0.15, -0.1) is 0 Å². The molecule has 0 spiro atoms. The van der Waals surface area contributed by atoms with Crippen LogP contribution in [0.15, 0.2) is 36.8 Å². The van der Waals surface area contributed by atoms with Gasteiger partial charge >= 0.3 is 0 Å². The number of anilines is 1. The first kappa shape index (κ1) is 13.9. The van der Waals surface area contributed by atoms with Gasteiger partial charge in [-0.05, 0) is 37.8 Å². The molecule has 5 heteroatoms. The van der Waals surface area contributed by atoms with Gasteiger partial charge in [0, 0.05) is 42.2 Å². The fourth-order valence-electron chi connectivity index (χ4n) is 2.63. The monoisotopic (exact) mass is 283 g/mol. The second kappa shape index (κ2) is 6.63. The van der Waals surface area contributed by atoms with Crippen LogP contribution in [-0.2, 0) is 6.42 Å². The van der Waals surface area contributed by atoms with Crippen molar-refractivity contribution in [3.05, 3.63) is 48.2 Å². The van der Waals surface area contributed by atoms with E-state index < -0.39 is 0 Å². The highest BCUT2D eigenvalue weighted by Gasteiger charge is 2.28. The van der Waals surface area contributed by atoms with Crippen LogP contribution in [0.4, 0.5) is 5.82 Å². The maximum atomic E-state index is 5.83. The molecule has 0 aromatic carbocycles. The average Bonchev–Trinajstić information content (AvgIpc) is 2.50. The first-order valence-electron chi connectivity index (χ1n) is 7.52. The van der Waals surface area contributed by atoms with E-state index in [-0.39, 0.29) is 0 Å². The molecule has 0 amide bonds. The molecular formula is C16H21N5. The Morgan fingerprint density at radius 1 is 1.19 bits per heavy atom. The van der Waals surface area contributed by atoms with Crippen molar-refractivity contribution in [1.82, 2.24) is 15.0 Å². The molecule has 0 atom stereocenters. The largest absolute Gasteiger partial charge is 0.370 e. The molecule has 0 saturated heterocycles. The Bertz CT molecular complexity index is 566. The number of aryl methyl sites for hydroxylation is 1. The summed E-state index contributed by atoms with van der Waals surface area (Å²) in [7, 11) is 0. The Balaban J connectivity index is 1.46. The number of hydrogen-bond acceptors (Lipinski definition) is 5. The van der Waals surface area contributed by atoms with Crippen molar-refractivity contribution >= 4 is 5.82 Å². The third-order valence-electron chi connectivity index (χ3n) is 3.92. The van der Waals surface area contributed by atoms with Gasteiger partial charge in [-0.25, -0.2) is 9.97 Å². The standard InChI is InChI=1S/C16H21N5/c17-13-8-12(9-13)15-10-16(21-11-20-15)19-7-3-5-14-4-1-2-6-18-14/h1-2,4,6,10-13H,3,5,7-9,17H2,(H,19,20,21). The van der Waals surface area contributed by atoms with E-state index >= 15 is 0 Å². The molecule has 0 bridgehead atoms. The lowest BCUT2D eigenvalue weighted by atomic mass is 9.79. The van der Waals surface area contributed by atoms with E-state index in [0.717, 1.165) is 49.4 Å². The maximum Gasteiger partial charge on any atom is 0.129 e. The maximum absolute atomic E-state index is 5.83. The number of nitrogens with zero attached hydrogens (tertiary/aromatic N) is 3. The molecule has 1 fully saturated rings. The summed E-state index contributed by atoms with van der Waals surface area (Å²) < 4.78 is 0. The summed E-state index contributed by atoms with van der Waals surface area (Å²) in [6, 6.07) is 8.42. The first-order chi connectivity index (χ1) is 10.3. The molecule has 5 nitrogen and oxygen atoms in total. The molecule has 0 radical (unpaired) electrons. The second-order valence-corrected chi connectivity index (χ2v) is 5.61. The van der Waals surface area contributed by atoms with E-state index in [0.29, 0.717) is 12.0 Å². The van der Waals surface area contributed by atoms with Gasteiger partial charge in [0.2, 0.25) is 0 Å². The lowest BCUT2D eigenvalue weighted by Gasteiger charge is -2.31. The molecule has 1 aliphatic carbocycles. The number of nitrogens with two attached hydrogens (primary N) is 1. The van der Waals surface area contributed by atoms with E-state index in [1.807, 2.05) is 18.3 Å². The van der Waals surface area contributed by atoms with E-state index in [1.54, 1.807) is 6.33 Å². The topological polar surface area (TPSA) is 76.7 Å². The predicted octanol–water partition coefficient (Wildman–Crippen LogP) is 2.12. The number of rotatable bonds is 6. The van der Waals surface area contributed by atoms with Crippen molar-refractivity contribution in [2.45, 2.75) is 37.6 Å². The molecule has 3 N–H and O–H groups in total. The highest BCUT2D eigenvalue weighted by molar-refractivity contribution is 5.36. The molecule has 110 valence electrons. The zero-order valence-corrected chi connectivity index (χ0v) is 12.1. The summed E-state index contributed by atoms with van der Waals surface area (Å²) in [5.41, 5.74) is 8.07. The molecule has 2 aromatic rings. The highest BCUT2D eigenvalue weighted by Crippen LogP contribution is 2.34. The van der Waals surface area contributed by atoms with Gasteiger partial charge in [-0.3, -0.25) is 4.98 Å². The number of pyridine rings is 1. The van der Waals surface area contributed by atoms with E-state index in [2.05, 4.69) is 32.4 Å². The second-order valence-electron chi connectivity index (χ2n) is 5.61. The van der Waals surface area contributed by atoms with Crippen LogP contribution in [0, 0.1) is 0 Å². The third-order valence-corrected chi connectivity index (χ3v) is 3.92. The Hall–Kier alpha value is -2.01. The first-order valence-corrected chi connectivity index (χ1v) is 7.52. The van der Waals surface area contributed by atoms with E-state index in [4.69, 9.17) is 5.73 Å². The van der Waals surface area contributed by atoms with Crippen LogP contribution in [0.2, 0.25) is 0 Å². The van der Waals surface area contributed by atoms with Crippen molar-refractivity contribution in [1.29, 1.82) is 0 Å². The minimum absolute atomic E-state index is 0.347. The Morgan fingerprint density at radius 2 is 2.10 bits per heavy atom. The Kier molecular flexibility index (Phi) is 4.40. The van der Waals surface area contributed by atoms with Gasteiger partial charge in [0.05, 0.1) is 0 Å². The normalized spacial score (nSPS) is 20.8. The van der Waals surface area contributed by atoms with Crippen LogP contribution in [0.1, 0.15) is 36.6 Å². The summed E-state index contributed by atoms with van der Waals surface area (Å²) in [4.78, 5) is 13.0. The minimum Gasteiger partial charge on any atom is -0.370 e. The summed E-state index contributed by atoms with van der Waals surface area (Å²) in [5.74, 6) is 1.42. The zero-order valence-electron chi connectivity index (χ0n) is 12.1. The van der Waals surface area contributed by atoms with Gasteiger partial charge in [0.15, 0.2) is 0 Å². The lowest BCUT2D eigenvalue weighted by Crippen LogP contribution is -2.35. The van der Waals surface area contributed by atoms with E-state index in [1.165, 1.54) is 0 Å². The molecule has 0 unspecified atom stereocenters. The van der Waals surface area contributed by atoms with Crippen molar-refractivity contribution in [2.75, 3.05) is 11.9 Å². The van der Waals surface area contributed by atoms with E-state index in [9.17, 15) is 0 Å². The highest BCUT2D eigenvalue weighted by atomic mass is 15.0. The number of aromatic nitrogens is 3. The van der Waals surface area contributed by atoms with Crippen molar-refractivity contribution < 1.29 is 0 Å². The predicted molar refractivity (Wildman–Crippen MR) is 83.0 cm³/mol. The lowest BCUT2D eigenvalue weighted by molar-refractivity contribution is 0.345. The Labute approximate surface area is 125 Å². The van der Waals surface area contributed by atoms with Crippen LogP contribution < -0.4 is 11.1 Å². The number of nitrogens with one attached hydrogen (secondary N) is 1. The zero-order chi connectivity index (χ0) is 14.5. The quantitative estimate of drug-likeness (QED) is 0.794. The van der Waals surface area contributed by atoms with Gasteiger partial charge in [-0.1, -0.05) is 6.07 Å². The average molecular weight is 283 g/mol. The third kappa shape index (κ3) is 3.76. The van der Waals surface area contributed by atoms with Gasteiger partial charge < -0.3 is 11.1 Å². The van der Waals surface area contributed by atoms with Gasteiger partial charge in [0.1, 0.15) is 12.1 Å². The SMILES string of the molecule is NC1CC(c2cc(NCCCc3ccccn3)ncn2)C1.